The minimum absolute atomic E-state index is 0.271. The molecule has 0 radical (unpaired) electrons. The molecule has 0 spiro atoms. The average molecular weight is 378 g/mol. The third kappa shape index (κ3) is 4.37. The number of nitrogens with zero attached hydrogens (tertiary/aromatic N) is 1. The van der Waals surface area contributed by atoms with Gasteiger partial charge in [0.2, 0.25) is 0 Å². The monoisotopic (exact) mass is 377 g/mol. The van der Waals surface area contributed by atoms with Gasteiger partial charge in [-0.25, -0.2) is 0 Å². The van der Waals surface area contributed by atoms with Crippen LogP contribution in [0.3, 0.4) is 0 Å². The average Bonchev–Trinajstić information content (AvgIpc) is 2.73. The molecule has 1 atom stereocenters. The van der Waals surface area contributed by atoms with E-state index < -0.39 is 0 Å². The number of aliphatic hydroxyl groups is 1. The molecule has 1 aliphatic heterocycles. The van der Waals surface area contributed by atoms with Crippen molar-refractivity contribution in [1.29, 1.82) is 0 Å². The highest BCUT2D eigenvalue weighted by Crippen LogP contribution is 2.31. The fourth-order valence-corrected chi connectivity index (χ4v) is 5.13. The number of benzene rings is 3. The Bertz CT molecular complexity index is 889. The van der Waals surface area contributed by atoms with Crippen molar-refractivity contribution in [3.05, 3.63) is 77.9 Å². The Kier molecular flexibility index (Phi) is 6.13. The lowest BCUT2D eigenvalue weighted by atomic mass is 10.0. The zero-order chi connectivity index (χ0) is 18.5. The highest BCUT2D eigenvalue weighted by Gasteiger charge is 2.22. The third-order valence-corrected chi connectivity index (χ3v) is 6.71. The summed E-state index contributed by atoms with van der Waals surface area (Å²) >= 11 is 1.92. The normalized spacial score (nSPS) is 18.0. The van der Waals surface area contributed by atoms with Crippen LogP contribution in [-0.4, -0.2) is 29.2 Å². The first-order valence-corrected chi connectivity index (χ1v) is 10.9. The lowest BCUT2D eigenvalue weighted by molar-refractivity contribution is 0.0839. The van der Waals surface area contributed by atoms with Crippen LogP contribution in [0.15, 0.2) is 71.6 Å². The van der Waals surface area contributed by atoms with Gasteiger partial charge >= 0.3 is 0 Å². The molecule has 1 unspecified atom stereocenters. The van der Waals surface area contributed by atoms with Crippen LogP contribution >= 0.6 is 11.8 Å². The van der Waals surface area contributed by atoms with Gasteiger partial charge in [-0.15, -0.1) is 11.8 Å². The molecular formula is C24H27NOS. The summed E-state index contributed by atoms with van der Waals surface area (Å²) in [7, 11) is 0. The maximum atomic E-state index is 9.72. The molecule has 1 N–H and O–H groups in total. The molecule has 0 aliphatic carbocycles. The lowest BCUT2D eigenvalue weighted by Crippen LogP contribution is -2.41. The smallest absolute Gasteiger partial charge is 0.0586 e. The molecule has 4 rings (SSSR count). The summed E-state index contributed by atoms with van der Waals surface area (Å²) in [6, 6.07) is 24.3. The van der Waals surface area contributed by atoms with E-state index in [-0.39, 0.29) is 6.61 Å². The summed E-state index contributed by atoms with van der Waals surface area (Å²) < 4.78 is 0. The molecule has 0 amide bonds. The molecule has 3 aromatic rings. The largest absolute Gasteiger partial charge is 0.395 e. The molecule has 1 heterocycles. The number of fused-ring (bicyclic) bond motifs is 1. The lowest BCUT2D eigenvalue weighted by Gasteiger charge is -2.35. The molecule has 3 heteroatoms. The summed E-state index contributed by atoms with van der Waals surface area (Å²) in [5.41, 5.74) is 2.79. The van der Waals surface area contributed by atoms with Crippen molar-refractivity contribution >= 4 is 22.5 Å². The first-order chi connectivity index (χ1) is 13.3. The van der Waals surface area contributed by atoms with Gasteiger partial charge in [0.15, 0.2) is 0 Å². The highest BCUT2D eigenvalue weighted by molar-refractivity contribution is 7.98. The van der Waals surface area contributed by atoms with E-state index in [0.717, 1.165) is 25.3 Å². The van der Waals surface area contributed by atoms with Gasteiger partial charge in [-0.1, -0.05) is 67.1 Å². The van der Waals surface area contributed by atoms with Crippen molar-refractivity contribution in [2.24, 2.45) is 0 Å². The molecule has 2 nitrogen and oxygen atoms in total. The highest BCUT2D eigenvalue weighted by atomic mass is 32.2. The summed E-state index contributed by atoms with van der Waals surface area (Å²) in [5, 5.41) is 12.3. The van der Waals surface area contributed by atoms with E-state index in [9.17, 15) is 5.11 Å². The summed E-state index contributed by atoms with van der Waals surface area (Å²) in [6.45, 7) is 2.31. The number of thioether (sulfide) groups is 1. The predicted octanol–water partition coefficient (Wildman–Crippen LogP) is 5.48. The predicted molar refractivity (Wildman–Crippen MR) is 115 cm³/mol. The minimum Gasteiger partial charge on any atom is -0.395 e. The van der Waals surface area contributed by atoms with Crippen molar-refractivity contribution in [2.75, 3.05) is 13.2 Å². The van der Waals surface area contributed by atoms with Crippen LogP contribution in [0, 0.1) is 0 Å². The Morgan fingerprint density at radius 2 is 1.67 bits per heavy atom. The van der Waals surface area contributed by atoms with Crippen LogP contribution in [0.5, 0.6) is 0 Å². The van der Waals surface area contributed by atoms with Gasteiger partial charge in [0.1, 0.15) is 0 Å². The molecule has 140 valence electrons. The van der Waals surface area contributed by atoms with E-state index in [1.165, 1.54) is 39.6 Å². The number of hydrogen-bond donors (Lipinski definition) is 1. The molecule has 1 fully saturated rings. The second-order valence-electron chi connectivity index (χ2n) is 7.34. The summed E-state index contributed by atoms with van der Waals surface area (Å²) in [6.07, 6.45) is 3.59. The topological polar surface area (TPSA) is 23.5 Å². The van der Waals surface area contributed by atoms with Crippen molar-refractivity contribution in [3.8, 4) is 0 Å². The Morgan fingerprint density at radius 3 is 2.56 bits per heavy atom. The summed E-state index contributed by atoms with van der Waals surface area (Å²) in [5.74, 6) is 0.974. The Morgan fingerprint density at radius 1 is 0.889 bits per heavy atom. The first-order valence-electron chi connectivity index (χ1n) is 9.87. The zero-order valence-corrected chi connectivity index (χ0v) is 16.5. The van der Waals surface area contributed by atoms with E-state index in [1.807, 2.05) is 11.8 Å². The standard InChI is InChI=1S/C24H27NOS/c26-17-22-12-5-6-15-25(22)16-20-9-1-2-10-21(20)18-27-24-14-7-11-19-8-3-4-13-23(19)24/h1-4,7-11,13-14,22,26H,5-6,12,15-18H2. The summed E-state index contributed by atoms with van der Waals surface area (Å²) in [4.78, 5) is 3.80. The van der Waals surface area contributed by atoms with Crippen molar-refractivity contribution in [3.63, 3.8) is 0 Å². The quantitative estimate of drug-likeness (QED) is 0.576. The van der Waals surface area contributed by atoms with E-state index in [2.05, 4.69) is 71.6 Å². The van der Waals surface area contributed by atoms with Gasteiger partial charge in [0.25, 0.3) is 0 Å². The number of piperidine rings is 1. The molecule has 0 aromatic heterocycles. The van der Waals surface area contributed by atoms with Gasteiger partial charge < -0.3 is 5.11 Å². The van der Waals surface area contributed by atoms with Crippen LogP contribution in [-0.2, 0) is 12.3 Å². The molecule has 1 aliphatic rings. The SMILES string of the molecule is OCC1CCCCN1Cc1ccccc1CSc1cccc2ccccc12. The van der Waals surface area contributed by atoms with Crippen molar-refractivity contribution in [1.82, 2.24) is 4.90 Å². The maximum absolute atomic E-state index is 9.72. The fraction of sp³-hybridized carbons (Fsp3) is 0.333. The van der Waals surface area contributed by atoms with Crippen molar-refractivity contribution in [2.45, 2.75) is 42.5 Å². The van der Waals surface area contributed by atoms with Gasteiger partial charge in [-0.2, -0.15) is 0 Å². The molecular weight excluding hydrogens is 350 g/mol. The van der Waals surface area contributed by atoms with E-state index in [0.29, 0.717) is 6.04 Å². The number of likely N-dealkylation sites (tertiary alicyclic amines) is 1. The number of aliphatic hydroxyl groups excluding tert-OH is 1. The van der Waals surface area contributed by atoms with Crippen LogP contribution in [0.25, 0.3) is 10.8 Å². The first kappa shape index (κ1) is 18.5. The fourth-order valence-electron chi connectivity index (χ4n) is 4.02. The Hall–Kier alpha value is -1.81. The zero-order valence-electron chi connectivity index (χ0n) is 15.7. The molecule has 3 aromatic carbocycles. The molecule has 0 saturated carbocycles. The Balaban J connectivity index is 1.51. The van der Waals surface area contributed by atoms with Gasteiger partial charge in [-0.3, -0.25) is 4.90 Å². The number of rotatable bonds is 6. The van der Waals surface area contributed by atoms with E-state index >= 15 is 0 Å². The van der Waals surface area contributed by atoms with Crippen LogP contribution < -0.4 is 0 Å². The Labute approximate surface area is 166 Å². The third-order valence-electron chi connectivity index (χ3n) is 5.58. The van der Waals surface area contributed by atoms with Gasteiger partial charge in [-0.05, 0) is 47.4 Å². The minimum atomic E-state index is 0.271. The maximum Gasteiger partial charge on any atom is 0.0586 e. The van der Waals surface area contributed by atoms with Crippen LogP contribution in [0.4, 0.5) is 0 Å². The van der Waals surface area contributed by atoms with Crippen LogP contribution in [0.2, 0.25) is 0 Å². The molecule has 0 bridgehead atoms. The number of hydrogen-bond acceptors (Lipinski definition) is 3. The van der Waals surface area contributed by atoms with E-state index in [1.54, 1.807) is 0 Å². The van der Waals surface area contributed by atoms with Crippen molar-refractivity contribution < 1.29 is 5.11 Å². The second kappa shape index (κ2) is 8.92. The molecule has 27 heavy (non-hydrogen) atoms. The van der Waals surface area contributed by atoms with Crippen LogP contribution in [0.1, 0.15) is 30.4 Å². The van der Waals surface area contributed by atoms with E-state index in [4.69, 9.17) is 0 Å². The van der Waals surface area contributed by atoms with Gasteiger partial charge in [0, 0.05) is 23.2 Å². The second-order valence-corrected chi connectivity index (χ2v) is 8.35. The molecule has 1 saturated heterocycles. The van der Waals surface area contributed by atoms with Gasteiger partial charge in [0.05, 0.1) is 6.61 Å².